The number of carboxylic acids is 1. The molecule has 0 radical (unpaired) electrons. The zero-order valence-electron chi connectivity index (χ0n) is 9.48. The highest BCUT2D eigenvalue weighted by molar-refractivity contribution is 7.89. The summed E-state index contributed by atoms with van der Waals surface area (Å²) in [5.41, 5.74) is 0.139. The molecule has 0 fully saturated rings. The maximum absolute atomic E-state index is 11.2. The van der Waals surface area contributed by atoms with Gasteiger partial charge in [-0.15, -0.1) is 0 Å². The van der Waals surface area contributed by atoms with E-state index in [1.807, 2.05) is 0 Å². The van der Waals surface area contributed by atoms with Crippen molar-refractivity contribution in [1.82, 2.24) is 0 Å². The number of hydrogen-bond acceptors (Lipinski definition) is 5. The smallest absolute Gasteiger partial charge is 0.352 e. The highest BCUT2D eigenvalue weighted by Crippen LogP contribution is 2.20. The Balaban J connectivity index is 3.17. The van der Waals surface area contributed by atoms with Crippen molar-refractivity contribution in [3.63, 3.8) is 0 Å². The molecule has 0 bridgehead atoms. The molecule has 1 atom stereocenters. The summed E-state index contributed by atoms with van der Waals surface area (Å²) >= 11 is 0. The van der Waals surface area contributed by atoms with E-state index in [-0.39, 0.29) is 10.5 Å². The molecule has 0 aromatic heterocycles. The highest BCUT2D eigenvalue weighted by Gasteiger charge is 2.23. The van der Waals surface area contributed by atoms with Crippen LogP contribution >= 0.6 is 0 Å². The van der Waals surface area contributed by atoms with Crippen LogP contribution in [0.15, 0.2) is 34.3 Å². The highest BCUT2D eigenvalue weighted by atomic mass is 32.2. The zero-order valence-corrected chi connectivity index (χ0v) is 10.3. The number of nitrogens with two attached hydrogens (primary N) is 1. The van der Waals surface area contributed by atoms with Crippen LogP contribution in [0.5, 0.6) is 0 Å². The molecule has 0 aliphatic heterocycles. The number of carboxylic acid groups (broad SMARTS) is 1. The summed E-state index contributed by atoms with van der Waals surface area (Å²) in [6, 6.07) is 5.20. The standard InChI is InChI=1S/C10H12N2O5S/c1-2-12-17-9(10(13)14)7-4-3-5-8(6-7)18(11,15)16/h2-6,9H,1H3,(H,13,14)(H2,11,15,16)/b12-2+. The number of carbonyl (C=O) groups is 1. The number of aliphatic carboxylic acids is 1. The van der Waals surface area contributed by atoms with Crippen molar-refractivity contribution in [3.8, 4) is 0 Å². The molecule has 3 N–H and O–H groups in total. The number of primary sulfonamides is 1. The Hall–Kier alpha value is -1.93. The molecule has 0 saturated carbocycles. The van der Waals surface area contributed by atoms with Gasteiger partial charge >= 0.3 is 5.97 Å². The minimum absolute atomic E-state index is 0.139. The number of rotatable bonds is 5. The van der Waals surface area contributed by atoms with Gasteiger partial charge in [0.2, 0.25) is 16.1 Å². The first-order chi connectivity index (χ1) is 8.36. The molecule has 0 heterocycles. The number of sulfonamides is 1. The van der Waals surface area contributed by atoms with Gasteiger partial charge < -0.3 is 9.94 Å². The van der Waals surface area contributed by atoms with Crippen molar-refractivity contribution in [1.29, 1.82) is 0 Å². The molecule has 1 aromatic carbocycles. The van der Waals surface area contributed by atoms with Crippen LogP contribution in [0.2, 0.25) is 0 Å². The first-order valence-corrected chi connectivity index (χ1v) is 6.40. The average molecular weight is 272 g/mol. The summed E-state index contributed by atoms with van der Waals surface area (Å²) < 4.78 is 22.3. The fraction of sp³-hybridized carbons (Fsp3) is 0.200. The number of nitrogens with zero attached hydrogens (tertiary/aromatic N) is 1. The fourth-order valence-corrected chi connectivity index (χ4v) is 1.79. The fourth-order valence-electron chi connectivity index (χ4n) is 1.22. The first-order valence-electron chi connectivity index (χ1n) is 4.85. The van der Waals surface area contributed by atoms with E-state index in [4.69, 9.17) is 15.1 Å². The predicted octanol–water partition coefficient (Wildman–Crippen LogP) is 0.482. The van der Waals surface area contributed by atoms with Crippen LogP contribution in [-0.2, 0) is 19.7 Å². The lowest BCUT2D eigenvalue weighted by atomic mass is 10.1. The van der Waals surface area contributed by atoms with E-state index in [2.05, 4.69) is 5.16 Å². The lowest BCUT2D eigenvalue weighted by Crippen LogP contribution is -2.16. The molecular weight excluding hydrogens is 260 g/mol. The van der Waals surface area contributed by atoms with Gasteiger partial charge in [-0.3, -0.25) is 0 Å². The van der Waals surface area contributed by atoms with Crippen LogP contribution in [0, 0.1) is 0 Å². The third-order valence-electron chi connectivity index (χ3n) is 1.99. The molecule has 1 aromatic rings. The van der Waals surface area contributed by atoms with Gasteiger partial charge in [0.15, 0.2) is 0 Å². The maximum Gasteiger partial charge on any atom is 0.352 e. The second-order valence-electron chi connectivity index (χ2n) is 3.30. The maximum atomic E-state index is 11.2. The van der Waals surface area contributed by atoms with Crippen LogP contribution in [-0.4, -0.2) is 25.7 Å². The van der Waals surface area contributed by atoms with E-state index in [1.165, 1.54) is 24.4 Å². The van der Waals surface area contributed by atoms with E-state index < -0.39 is 22.1 Å². The van der Waals surface area contributed by atoms with Gasteiger partial charge in [0.05, 0.1) is 4.90 Å². The topological polar surface area (TPSA) is 119 Å². The summed E-state index contributed by atoms with van der Waals surface area (Å²) in [6.45, 7) is 1.56. The predicted molar refractivity (Wildman–Crippen MR) is 63.4 cm³/mol. The second kappa shape index (κ2) is 5.61. The van der Waals surface area contributed by atoms with Crippen LogP contribution in [0.3, 0.4) is 0 Å². The summed E-state index contributed by atoms with van der Waals surface area (Å²) in [6.07, 6.45) is -0.109. The molecule has 98 valence electrons. The van der Waals surface area contributed by atoms with Crippen molar-refractivity contribution in [2.75, 3.05) is 0 Å². The van der Waals surface area contributed by atoms with Gasteiger partial charge in [-0.25, -0.2) is 18.4 Å². The molecule has 18 heavy (non-hydrogen) atoms. The lowest BCUT2D eigenvalue weighted by Gasteiger charge is -2.11. The van der Waals surface area contributed by atoms with Crippen molar-refractivity contribution >= 4 is 22.2 Å². The summed E-state index contributed by atoms with van der Waals surface area (Å²) in [5.74, 6) is -1.29. The third kappa shape index (κ3) is 3.54. The van der Waals surface area contributed by atoms with Crippen molar-refractivity contribution < 1.29 is 23.2 Å². The van der Waals surface area contributed by atoms with Crippen molar-refractivity contribution in [2.45, 2.75) is 17.9 Å². The second-order valence-corrected chi connectivity index (χ2v) is 4.87. The summed E-state index contributed by atoms with van der Waals surface area (Å²) in [5, 5.41) is 17.3. The van der Waals surface area contributed by atoms with Gasteiger partial charge in [-0.2, -0.15) is 0 Å². The molecule has 0 aliphatic rings. The van der Waals surface area contributed by atoms with Crippen LogP contribution in [0.25, 0.3) is 0 Å². The Bertz CT molecular complexity index is 567. The minimum Gasteiger partial charge on any atom is -0.478 e. The van der Waals surface area contributed by atoms with Crippen LogP contribution in [0.4, 0.5) is 0 Å². The summed E-state index contributed by atoms with van der Waals surface area (Å²) in [4.78, 5) is 15.5. The van der Waals surface area contributed by atoms with Crippen molar-refractivity contribution in [3.05, 3.63) is 29.8 Å². The monoisotopic (exact) mass is 272 g/mol. The summed E-state index contributed by atoms with van der Waals surface area (Å²) in [7, 11) is -3.89. The number of oxime groups is 1. The lowest BCUT2D eigenvalue weighted by molar-refractivity contribution is -0.150. The van der Waals surface area contributed by atoms with Gasteiger partial charge in [0.25, 0.3) is 0 Å². The van der Waals surface area contributed by atoms with E-state index in [0.717, 1.165) is 6.07 Å². The van der Waals surface area contributed by atoms with Crippen molar-refractivity contribution in [2.24, 2.45) is 10.3 Å². The van der Waals surface area contributed by atoms with Gasteiger partial charge in [0, 0.05) is 11.8 Å². The Kier molecular flexibility index (Phi) is 4.40. The molecule has 7 nitrogen and oxygen atoms in total. The molecule has 1 rings (SSSR count). The van der Waals surface area contributed by atoms with Gasteiger partial charge in [-0.1, -0.05) is 17.3 Å². The molecule has 0 amide bonds. The average Bonchev–Trinajstić information content (AvgIpc) is 2.28. The van der Waals surface area contributed by atoms with E-state index in [9.17, 15) is 13.2 Å². The largest absolute Gasteiger partial charge is 0.478 e. The quantitative estimate of drug-likeness (QED) is 0.597. The Morgan fingerprint density at radius 3 is 2.72 bits per heavy atom. The zero-order chi connectivity index (χ0) is 13.8. The van der Waals surface area contributed by atoms with E-state index in [1.54, 1.807) is 6.92 Å². The molecular formula is C10H12N2O5S. The molecule has 0 spiro atoms. The normalized spacial score (nSPS) is 13.4. The SMILES string of the molecule is C/C=N/OC(C(=O)O)c1cccc(S(N)(=O)=O)c1. The number of benzene rings is 1. The van der Waals surface area contributed by atoms with E-state index >= 15 is 0 Å². The Morgan fingerprint density at radius 2 is 2.22 bits per heavy atom. The van der Waals surface area contributed by atoms with Crippen LogP contribution in [0.1, 0.15) is 18.6 Å². The first kappa shape index (κ1) is 14.1. The van der Waals surface area contributed by atoms with E-state index in [0.29, 0.717) is 0 Å². The molecule has 0 saturated heterocycles. The van der Waals surface area contributed by atoms with Gasteiger partial charge in [-0.05, 0) is 19.1 Å². The van der Waals surface area contributed by atoms with Crippen LogP contribution < -0.4 is 5.14 Å². The minimum atomic E-state index is -3.89. The molecule has 0 aliphatic carbocycles. The van der Waals surface area contributed by atoms with Gasteiger partial charge in [0.1, 0.15) is 0 Å². The molecule has 8 heteroatoms. The Morgan fingerprint density at radius 1 is 1.56 bits per heavy atom. The third-order valence-corrected chi connectivity index (χ3v) is 2.90. The molecule has 1 unspecified atom stereocenters. The Labute approximate surface area is 104 Å². The number of hydrogen-bond donors (Lipinski definition) is 2.